The van der Waals surface area contributed by atoms with Crippen LogP contribution >= 0.6 is 0 Å². The molecule has 1 aliphatic rings. The molecule has 0 spiro atoms. The van der Waals surface area contributed by atoms with Gasteiger partial charge in [0.2, 0.25) is 5.91 Å². The monoisotopic (exact) mass is 479 g/mol. The average molecular weight is 480 g/mol. The molecule has 36 heavy (non-hydrogen) atoms. The van der Waals surface area contributed by atoms with Crippen LogP contribution in [0, 0.1) is 13.8 Å². The van der Waals surface area contributed by atoms with Gasteiger partial charge in [0.25, 0.3) is 0 Å². The molecule has 4 aromatic rings. The summed E-state index contributed by atoms with van der Waals surface area (Å²) in [5.41, 5.74) is 7.23. The van der Waals surface area contributed by atoms with E-state index in [0.29, 0.717) is 6.42 Å². The van der Waals surface area contributed by atoms with Crippen molar-refractivity contribution in [2.24, 2.45) is 0 Å². The number of piperazine rings is 1. The predicted octanol–water partition coefficient (Wildman–Crippen LogP) is 4.99. The van der Waals surface area contributed by atoms with Gasteiger partial charge in [0.15, 0.2) is 0 Å². The number of carbonyl (C=O) groups excluding carboxylic acids is 1. The van der Waals surface area contributed by atoms with Crippen LogP contribution in [-0.2, 0) is 17.8 Å². The molecule has 3 aromatic carbocycles. The third-order valence-corrected chi connectivity index (χ3v) is 6.92. The molecule has 0 atom stereocenters. The standard InChI is InChI=1S/C30H33N5O/c1-23-29(24(2)35(32-23)28-11-7-4-8-12-28)21-30(36)31-26-13-15-27(16-14-26)34-19-17-33(18-20-34)22-25-9-5-3-6-10-25/h3-16H,17-22H2,1-2H3,(H,31,36). The van der Waals surface area contributed by atoms with Crippen molar-refractivity contribution in [3.05, 3.63) is 107 Å². The first-order chi connectivity index (χ1) is 17.6. The second kappa shape index (κ2) is 10.8. The Morgan fingerprint density at radius 1 is 0.806 bits per heavy atom. The highest BCUT2D eigenvalue weighted by molar-refractivity contribution is 5.92. The normalized spacial score (nSPS) is 14.1. The average Bonchev–Trinajstić information content (AvgIpc) is 3.19. The SMILES string of the molecule is Cc1nn(-c2ccccc2)c(C)c1CC(=O)Nc1ccc(N2CCN(Cc3ccccc3)CC2)cc1. The van der Waals surface area contributed by atoms with Crippen LogP contribution < -0.4 is 10.2 Å². The molecule has 0 saturated carbocycles. The van der Waals surface area contributed by atoms with Crippen molar-refractivity contribution in [2.45, 2.75) is 26.8 Å². The Morgan fingerprint density at radius 2 is 1.44 bits per heavy atom. The first kappa shape index (κ1) is 23.8. The van der Waals surface area contributed by atoms with Crippen molar-refractivity contribution >= 4 is 17.3 Å². The fourth-order valence-electron chi connectivity index (χ4n) is 4.88. The van der Waals surface area contributed by atoms with Gasteiger partial charge in [-0.1, -0.05) is 48.5 Å². The maximum absolute atomic E-state index is 12.8. The van der Waals surface area contributed by atoms with E-state index in [9.17, 15) is 4.79 Å². The lowest BCUT2D eigenvalue weighted by molar-refractivity contribution is -0.115. The molecule has 0 bridgehead atoms. The molecule has 1 saturated heterocycles. The van der Waals surface area contributed by atoms with E-state index < -0.39 is 0 Å². The lowest BCUT2D eigenvalue weighted by Crippen LogP contribution is -2.45. The van der Waals surface area contributed by atoms with Crippen LogP contribution in [0.3, 0.4) is 0 Å². The van der Waals surface area contributed by atoms with E-state index in [1.165, 1.54) is 11.3 Å². The van der Waals surface area contributed by atoms with Gasteiger partial charge in [0, 0.05) is 55.4 Å². The maximum atomic E-state index is 12.8. The summed E-state index contributed by atoms with van der Waals surface area (Å²) in [6.07, 6.45) is 0.301. The molecular weight excluding hydrogens is 446 g/mol. The zero-order chi connectivity index (χ0) is 24.9. The summed E-state index contributed by atoms with van der Waals surface area (Å²) >= 11 is 0. The molecule has 184 valence electrons. The molecule has 0 aliphatic carbocycles. The number of aromatic nitrogens is 2. The Morgan fingerprint density at radius 3 is 2.11 bits per heavy atom. The largest absolute Gasteiger partial charge is 0.369 e. The summed E-state index contributed by atoms with van der Waals surface area (Å²) in [4.78, 5) is 17.8. The van der Waals surface area contributed by atoms with Crippen molar-refractivity contribution in [1.29, 1.82) is 0 Å². The van der Waals surface area contributed by atoms with Crippen LogP contribution in [0.5, 0.6) is 0 Å². The molecule has 6 nitrogen and oxygen atoms in total. The van der Waals surface area contributed by atoms with Gasteiger partial charge in [-0.25, -0.2) is 4.68 Å². The van der Waals surface area contributed by atoms with Gasteiger partial charge in [-0.3, -0.25) is 9.69 Å². The second-order valence-electron chi connectivity index (χ2n) is 9.42. The highest BCUT2D eigenvalue weighted by atomic mass is 16.1. The van der Waals surface area contributed by atoms with E-state index in [4.69, 9.17) is 0 Å². The summed E-state index contributed by atoms with van der Waals surface area (Å²) < 4.78 is 1.91. The minimum Gasteiger partial charge on any atom is -0.369 e. The number of aryl methyl sites for hydroxylation is 1. The Balaban J connectivity index is 1.15. The Kier molecular flexibility index (Phi) is 7.14. The van der Waals surface area contributed by atoms with Gasteiger partial charge in [-0.15, -0.1) is 0 Å². The number of anilines is 2. The number of para-hydroxylation sites is 1. The van der Waals surface area contributed by atoms with Gasteiger partial charge in [-0.2, -0.15) is 5.10 Å². The summed E-state index contributed by atoms with van der Waals surface area (Å²) in [5, 5.41) is 7.72. The van der Waals surface area contributed by atoms with Gasteiger partial charge in [0.1, 0.15) is 0 Å². The molecule has 1 fully saturated rings. The van der Waals surface area contributed by atoms with Crippen LogP contribution in [0.1, 0.15) is 22.5 Å². The van der Waals surface area contributed by atoms with E-state index in [2.05, 4.69) is 62.7 Å². The number of hydrogen-bond donors (Lipinski definition) is 1. The number of rotatable bonds is 7. The topological polar surface area (TPSA) is 53.4 Å². The molecular formula is C30H33N5O. The molecule has 1 N–H and O–H groups in total. The van der Waals surface area contributed by atoms with Crippen molar-refractivity contribution in [2.75, 3.05) is 36.4 Å². The summed E-state index contributed by atoms with van der Waals surface area (Å²) in [6, 6.07) is 28.9. The Labute approximate surface area is 213 Å². The van der Waals surface area contributed by atoms with Crippen molar-refractivity contribution in [3.63, 3.8) is 0 Å². The molecule has 1 aromatic heterocycles. The molecule has 2 heterocycles. The fourth-order valence-corrected chi connectivity index (χ4v) is 4.88. The van der Waals surface area contributed by atoms with Gasteiger partial charge in [0.05, 0.1) is 17.8 Å². The van der Waals surface area contributed by atoms with Gasteiger partial charge < -0.3 is 10.2 Å². The molecule has 1 amide bonds. The number of benzene rings is 3. The summed E-state index contributed by atoms with van der Waals surface area (Å²) in [5.74, 6) is -0.0314. The van der Waals surface area contributed by atoms with Crippen LogP contribution in [0.4, 0.5) is 11.4 Å². The van der Waals surface area contributed by atoms with E-state index in [-0.39, 0.29) is 5.91 Å². The molecule has 5 rings (SSSR count). The minimum absolute atomic E-state index is 0.0314. The number of nitrogens with zero attached hydrogens (tertiary/aromatic N) is 4. The lowest BCUT2D eigenvalue weighted by atomic mass is 10.1. The van der Waals surface area contributed by atoms with Crippen molar-refractivity contribution in [3.8, 4) is 5.69 Å². The van der Waals surface area contributed by atoms with E-state index in [1.54, 1.807) is 0 Å². The maximum Gasteiger partial charge on any atom is 0.228 e. The highest BCUT2D eigenvalue weighted by Gasteiger charge is 2.18. The van der Waals surface area contributed by atoms with Crippen LogP contribution in [-0.4, -0.2) is 46.8 Å². The van der Waals surface area contributed by atoms with E-state index in [0.717, 1.165) is 61.0 Å². The number of hydrogen-bond acceptors (Lipinski definition) is 4. The highest BCUT2D eigenvalue weighted by Crippen LogP contribution is 2.22. The van der Waals surface area contributed by atoms with Crippen molar-refractivity contribution in [1.82, 2.24) is 14.7 Å². The predicted molar refractivity (Wildman–Crippen MR) is 146 cm³/mol. The second-order valence-corrected chi connectivity index (χ2v) is 9.42. The zero-order valence-electron chi connectivity index (χ0n) is 21.0. The number of nitrogens with one attached hydrogen (secondary N) is 1. The summed E-state index contributed by atoms with van der Waals surface area (Å²) in [7, 11) is 0. The number of amides is 1. The van der Waals surface area contributed by atoms with Gasteiger partial charge in [-0.05, 0) is 55.8 Å². The summed E-state index contributed by atoms with van der Waals surface area (Å²) in [6.45, 7) is 9.08. The minimum atomic E-state index is -0.0314. The van der Waals surface area contributed by atoms with Crippen LogP contribution in [0.2, 0.25) is 0 Å². The fraction of sp³-hybridized carbons (Fsp3) is 0.267. The molecule has 0 radical (unpaired) electrons. The van der Waals surface area contributed by atoms with Gasteiger partial charge >= 0.3 is 0 Å². The number of carbonyl (C=O) groups is 1. The van der Waals surface area contributed by atoms with Crippen LogP contribution in [0.15, 0.2) is 84.9 Å². The molecule has 6 heteroatoms. The first-order valence-corrected chi connectivity index (χ1v) is 12.6. The quantitative estimate of drug-likeness (QED) is 0.406. The van der Waals surface area contributed by atoms with E-state index >= 15 is 0 Å². The first-order valence-electron chi connectivity index (χ1n) is 12.6. The molecule has 0 unspecified atom stereocenters. The Hall–Kier alpha value is -3.90. The Bertz CT molecular complexity index is 1290. The third kappa shape index (κ3) is 5.50. The van der Waals surface area contributed by atoms with Crippen molar-refractivity contribution < 1.29 is 4.79 Å². The molecule has 1 aliphatic heterocycles. The van der Waals surface area contributed by atoms with E-state index in [1.807, 2.05) is 61.0 Å². The zero-order valence-corrected chi connectivity index (χ0v) is 21.0. The smallest absolute Gasteiger partial charge is 0.228 e. The third-order valence-electron chi connectivity index (χ3n) is 6.92. The lowest BCUT2D eigenvalue weighted by Gasteiger charge is -2.36. The van der Waals surface area contributed by atoms with Crippen LogP contribution in [0.25, 0.3) is 5.69 Å².